The molecule has 2 radical (unpaired) electrons. The molecule has 0 aliphatic rings. The monoisotopic (exact) mass is 172 g/mol. The molecule has 66 valence electrons. The van der Waals surface area contributed by atoms with Crippen LogP contribution in [-0.4, -0.2) is 7.85 Å². The summed E-state index contributed by atoms with van der Waals surface area (Å²) in [5.74, 6) is 0. The van der Waals surface area contributed by atoms with Gasteiger partial charge in [0.2, 0.25) is 0 Å². The molecule has 0 saturated heterocycles. The highest BCUT2D eigenvalue weighted by Crippen LogP contribution is 2.21. The van der Waals surface area contributed by atoms with Gasteiger partial charge in [-0.15, -0.1) is 0 Å². The van der Waals surface area contributed by atoms with E-state index in [0.717, 1.165) is 5.56 Å². The molecule has 1 aromatic rings. The Morgan fingerprint density at radius 2 is 2.08 bits per heavy atom. The molecular formula is C11H13BO. The quantitative estimate of drug-likeness (QED) is 0.503. The van der Waals surface area contributed by atoms with Gasteiger partial charge in [-0.2, -0.15) is 0 Å². The van der Waals surface area contributed by atoms with Crippen molar-refractivity contribution in [2.24, 2.45) is 0 Å². The van der Waals surface area contributed by atoms with E-state index in [2.05, 4.69) is 19.6 Å². The third-order valence-electron chi connectivity index (χ3n) is 1.95. The molecule has 1 aromatic carbocycles. The lowest BCUT2D eigenvalue weighted by molar-refractivity contribution is 0.153. The zero-order chi connectivity index (χ0) is 9.84. The fourth-order valence-electron chi connectivity index (χ4n) is 1.33. The van der Waals surface area contributed by atoms with Crippen LogP contribution < -0.4 is 0 Å². The van der Waals surface area contributed by atoms with Crippen molar-refractivity contribution in [3.05, 3.63) is 47.6 Å². The number of hydrogen-bond acceptors (Lipinski definition) is 1. The molecule has 0 fully saturated rings. The second-order valence-electron chi connectivity index (χ2n) is 3.08. The normalized spacial score (nSPS) is 12.2. The highest BCUT2D eigenvalue weighted by Gasteiger charge is 2.07. The Kier molecular flexibility index (Phi) is 3.18. The third kappa shape index (κ3) is 2.65. The van der Waals surface area contributed by atoms with Gasteiger partial charge in [0.05, 0.1) is 0 Å². The van der Waals surface area contributed by atoms with Crippen molar-refractivity contribution >= 4 is 7.85 Å². The molecule has 1 nitrogen and oxygen atoms in total. The first kappa shape index (κ1) is 9.91. The molecule has 2 heteroatoms. The van der Waals surface area contributed by atoms with E-state index in [9.17, 15) is 0 Å². The van der Waals surface area contributed by atoms with Crippen molar-refractivity contribution < 1.29 is 4.74 Å². The largest absolute Gasteiger partial charge is 0.503 e. The number of ether oxygens (including phenoxy) is 1. The van der Waals surface area contributed by atoms with Crippen molar-refractivity contribution in [1.29, 1.82) is 0 Å². The lowest BCUT2D eigenvalue weighted by Gasteiger charge is -2.16. The topological polar surface area (TPSA) is 9.23 Å². The molecule has 1 rings (SSSR count). The first-order valence-corrected chi connectivity index (χ1v) is 4.28. The van der Waals surface area contributed by atoms with Crippen LogP contribution in [0, 0.1) is 6.92 Å². The molecule has 0 aliphatic carbocycles. The van der Waals surface area contributed by atoms with Crippen molar-refractivity contribution in [3.63, 3.8) is 0 Å². The smallest absolute Gasteiger partial charge is 0.166 e. The maximum Gasteiger partial charge on any atom is 0.166 e. The fourth-order valence-corrected chi connectivity index (χ4v) is 1.33. The Balaban J connectivity index is 2.82. The third-order valence-corrected chi connectivity index (χ3v) is 1.95. The maximum absolute atomic E-state index is 5.36. The predicted octanol–water partition coefficient (Wildman–Crippen LogP) is 2.71. The summed E-state index contributed by atoms with van der Waals surface area (Å²) < 4.78 is 5.30. The summed E-state index contributed by atoms with van der Waals surface area (Å²) in [5.41, 5.74) is 2.61. The molecule has 0 N–H and O–H groups in total. The van der Waals surface area contributed by atoms with E-state index in [1.165, 1.54) is 5.56 Å². The summed E-state index contributed by atoms with van der Waals surface area (Å²) in [7, 11) is 5.36. The van der Waals surface area contributed by atoms with Crippen LogP contribution in [0.3, 0.4) is 0 Å². The van der Waals surface area contributed by atoms with Crippen LogP contribution in [0.25, 0.3) is 0 Å². The minimum absolute atomic E-state index is 0.0290. The molecular weight excluding hydrogens is 159 g/mol. The molecule has 0 bridgehead atoms. The van der Waals surface area contributed by atoms with E-state index in [-0.39, 0.29) is 11.8 Å². The second-order valence-corrected chi connectivity index (χ2v) is 3.08. The van der Waals surface area contributed by atoms with Crippen molar-refractivity contribution in [1.82, 2.24) is 0 Å². The van der Waals surface area contributed by atoms with Gasteiger partial charge in [-0.3, -0.25) is 0 Å². The molecule has 1 atom stereocenters. The van der Waals surface area contributed by atoms with E-state index in [4.69, 9.17) is 12.6 Å². The van der Waals surface area contributed by atoms with Crippen LogP contribution in [0.4, 0.5) is 0 Å². The number of rotatable bonds is 3. The average molecular weight is 172 g/mol. The first-order valence-electron chi connectivity index (χ1n) is 4.28. The zero-order valence-electron chi connectivity index (χ0n) is 8.08. The first-order chi connectivity index (χ1) is 6.11. The lowest BCUT2D eigenvalue weighted by Crippen LogP contribution is -2.01. The fraction of sp³-hybridized carbons (Fsp3) is 0.273. The molecule has 0 saturated carbocycles. The Labute approximate surface area is 80.8 Å². The van der Waals surface area contributed by atoms with Crippen molar-refractivity contribution in [2.45, 2.75) is 20.0 Å². The summed E-state index contributed by atoms with van der Waals surface area (Å²) in [6, 6.07) is 8.07. The molecule has 0 aromatic heterocycles. The minimum atomic E-state index is -0.0290. The van der Waals surface area contributed by atoms with Crippen LogP contribution >= 0.6 is 0 Å². The summed E-state index contributed by atoms with van der Waals surface area (Å²) in [4.78, 5) is 0. The van der Waals surface area contributed by atoms with Crippen molar-refractivity contribution in [3.8, 4) is 0 Å². The SMILES string of the molecule is [B]C(=C)O[C@@H](C)c1ccccc1C. The van der Waals surface area contributed by atoms with Gasteiger partial charge in [0.25, 0.3) is 0 Å². The predicted molar refractivity (Wildman–Crippen MR) is 55.6 cm³/mol. The van der Waals surface area contributed by atoms with Crippen molar-refractivity contribution in [2.75, 3.05) is 0 Å². The number of benzene rings is 1. The van der Waals surface area contributed by atoms with Gasteiger partial charge in [-0.1, -0.05) is 30.8 Å². The van der Waals surface area contributed by atoms with Gasteiger partial charge >= 0.3 is 0 Å². The Hall–Kier alpha value is -1.18. The van der Waals surface area contributed by atoms with E-state index in [1.54, 1.807) is 0 Å². The van der Waals surface area contributed by atoms with Crippen LogP contribution in [0.2, 0.25) is 0 Å². The molecule has 0 amide bonds. The molecule has 0 spiro atoms. The number of hydrogen-bond donors (Lipinski definition) is 0. The standard InChI is InChI=1S/C11H13BO/c1-8-6-4-5-7-11(8)9(2)13-10(3)12/h4-7,9H,3H2,1-2H3/t9-/m0/s1. The summed E-state index contributed by atoms with van der Waals surface area (Å²) in [5, 5.41) is 0. The summed E-state index contributed by atoms with van der Waals surface area (Å²) >= 11 is 0. The zero-order valence-corrected chi connectivity index (χ0v) is 8.08. The Morgan fingerprint density at radius 3 is 2.62 bits per heavy atom. The molecule has 0 heterocycles. The maximum atomic E-state index is 5.36. The highest BCUT2D eigenvalue weighted by atomic mass is 16.5. The molecule has 0 aliphatic heterocycles. The van der Waals surface area contributed by atoms with Crippen LogP contribution in [0.5, 0.6) is 0 Å². The van der Waals surface area contributed by atoms with Crippen LogP contribution in [0.15, 0.2) is 36.5 Å². The number of aryl methyl sites for hydroxylation is 1. The van der Waals surface area contributed by atoms with E-state index in [1.807, 2.05) is 25.1 Å². The Morgan fingerprint density at radius 1 is 1.46 bits per heavy atom. The van der Waals surface area contributed by atoms with Gasteiger partial charge in [0, 0.05) is 5.66 Å². The highest BCUT2D eigenvalue weighted by molar-refractivity contribution is 6.19. The van der Waals surface area contributed by atoms with Crippen LogP contribution in [-0.2, 0) is 4.74 Å². The van der Waals surface area contributed by atoms with Gasteiger partial charge in [-0.05, 0) is 25.0 Å². The van der Waals surface area contributed by atoms with Gasteiger partial charge in [-0.25, -0.2) is 0 Å². The van der Waals surface area contributed by atoms with Gasteiger partial charge < -0.3 is 4.74 Å². The van der Waals surface area contributed by atoms with Gasteiger partial charge in [0.1, 0.15) is 6.10 Å². The molecule has 13 heavy (non-hydrogen) atoms. The average Bonchev–Trinajstić information content (AvgIpc) is 2.03. The lowest BCUT2D eigenvalue weighted by atomic mass is 10.0. The van der Waals surface area contributed by atoms with Gasteiger partial charge in [0.15, 0.2) is 7.85 Å². The summed E-state index contributed by atoms with van der Waals surface area (Å²) in [6.07, 6.45) is -0.0290. The Bertz CT molecular complexity index is 307. The second kappa shape index (κ2) is 4.17. The minimum Gasteiger partial charge on any atom is -0.503 e. The van der Waals surface area contributed by atoms with E-state index in [0.29, 0.717) is 0 Å². The summed E-state index contributed by atoms with van der Waals surface area (Å²) in [6.45, 7) is 7.51. The molecule has 0 unspecified atom stereocenters. The van der Waals surface area contributed by atoms with E-state index < -0.39 is 0 Å². The van der Waals surface area contributed by atoms with E-state index >= 15 is 0 Å². The van der Waals surface area contributed by atoms with Crippen LogP contribution in [0.1, 0.15) is 24.2 Å².